The fourth-order valence-electron chi connectivity index (χ4n) is 7.95. The molecule has 63 heavy (non-hydrogen) atoms. The molecule has 5 rings (SSSR count). The third kappa shape index (κ3) is 14.0. The van der Waals surface area contributed by atoms with Crippen LogP contribution in [0.1, 0.15) is 87.3 Å². The molecule has 16 nitrogen and oxygen atoms in total. The van der Waals surface area contributed by atoms with E-state index in [1.807, 2.05) is 85.8 Å². The van der Waals surface area contributed by atoms with E-state index in [9.17, 15) is 28.8 Å². The van der Waals surface area contributed by atoms with E-state index in [2.05, 4.69) is 36.6 Å². The lowest BCUT2D eigenvalue weighted by Crippen LogP contribution is -2.64. The minimum atomic E-state index is -1.30. The van der Waals surface area contributed by atoms with Crippen molar-refractivity contribution >= 4 is 63.9 Å². The van der Waals surface area contributed by atoms with Gasteiger partial charge in [-0.15, -0.1) is 0 Å². The summed E-state index contributed by atoms with van der Waals surface area (Å²) in [6.45, 7) is 1.67. The van der Waals surface area contributed by atoms with Crippen molar-refractivity contribution in [1.29, 1.82) is 0 Å². The molecule has 3 atom stereocenters. The second-order valence-electron chi connectivity index (χ2n) is 16.1. The zero-order chi connectivity index (χ0) is 45.4. The van der Waals surface area contributed by atoms with Crippen molar-refractivity contribution in [1.82, 2.24) is 31.6 Å². The average molecular weight is 883 g/mol. The van der Waals surface area contributed by atoms with E-state index < -0.39 is 59.7 Å². The highest BCUT2D eigenvalue weighted by atomic mass is 35.5. The molecule has 1 aromatic heterocycles. The molecule has 12 N–H and O–H groups in total. The summed E-state index contributed by atoms with van der Waals surface area (Å²) in [6, 6.07) is 20.6. The molecule has 0 saturated heterocycles. The van der Waals surface area contributed by atoms with Crippen molar-refractivity contribution in [2.24, 2.45) is 22.2 Å². The molecule has 3 aromatic carbocycles. The predicted molar refractivity (Wildman–Crippen MR) is 243 cm³/mol. The van der Waals surface area contributed by atoms with Gasteiger partial charge in [0.1, 0.15) is 23.7 Å². The number of hydrogen-bond acceptors (Lipinski definition) is 7. The van der Waals surface area contributed by atoms with Crippen molar-refractivity contribution in [2.75, 3.05) is 13.1 Å². The number of amides is 6. The molecule has 4 aromatic rings. The molecule has 1 fully saturated rings. The van der Waals surface area contributed by atoms with Gasteiger partial charge in [-0.1, -0.05) is 85.6 Å². The van der Waals surface area contributed by atoms with Gasteiger partial charge in [0.2, 0.25) is 35.4 Å². The number of carbonyl (C=O) groups excluding carboxylic acids is 6. The Labute approximate surface area is 372 Å². The van der Waals surface area contributed by atoms with E-state index in [1.165, 1.54) is 0 Å². The molecule has 0 unspecified atom stereocenters. The minimum absolute atomic E-state index is 0.0344. The Morgan fingerprint density at radius 3 is 2.13 bits per heavy atom. The van der Waals surface area contributed by atoms with E-state index in [0.717, 1.165) is 34.0 Å². The maximum absolute atomic E-state index is 14.7. The molecule has 17 heteroatoms. The van der Waals surface area contributed by atoms with Gasteiger partial charge >= 0.3 is 0 Å². The third-order valence-corrected chi connectivity index (χ3v) is 11.7. The number of halogens is 1. The number of nitrogens with two attached hydrogens (primary N) is 3. The van der Waals surface area contributed by atoms with Gasteiger partial charge in [0, 0.05) is 47.9 Å². The zero-order valence-electron chi connectivity index (χ0n) is 35.6. The first kappa shape index (κ1) is 47.6. The van der Waals surface area contributed by atoms with Crippen LogP contribution in [0.4, 0.5) is 0 Å². The summed E-state index contributed by atoms with van der Waals surface area (Å²) in [5.74, 6) is -3.56. The van der Waals surface area contributed by atoms with Gasteiger partial charge in [0.15, 0.2) is 5.96 Å². The number of aromatic amines is 1. The Kier molecular flexibility index (Phi) is 17.5. The normalized spacial score (nSPS) is 17.3. The number of primary amides is 1. The standard InChI is InChI=1S/C46H59ClN10O6/c1-2-3-15-40(59)57-46(22-20-31(21-23-46)30-16-18-33(47)19-17-30)44(63)56-37(25-29-10-5-4-6-11-29)43(62)54-36(14-9-24-51-45(49)50)42(61)55-38(41(60)53-28-39(48)58)26-32-27-52-35-13-8-7-12-34(32)35/h4-8,10-13,16-19,27,31,36-38,52H,2-3,9,14-15,20-26,28H2,1H3,(H2,48,58)(H,53,60)(H,54,62)(H,55,61)(H,56,63)(H,57,59)(H4,49,50,51)/t31?,36-,37+,38-,46?/m0/s1. The first-order valence-corrected chi connectivity index (χ1v) is 21.8. The second-order valence-corrected chi connectivity index (χ2v) is 16.5. The van der Waals surface area contributed by atoms with Crippen LogP contribution in [0.25, 0.3) is 10.9 Å². The molecule has 0 spiro atoms. The van der Waals surface area contributed by atoms with Gasteiger partial charge < -0.3 is 48.8 Å². The molecule has 336 valence electrons. The van der Waals surface area contributed by atoms with Crippen molar-refractivity contribution in [3.63, 3.8) is 0 Å². The predicted octanol–water partition coefficient (Wildman–Crippen LogP) is 3.12. The Bertz CT molecular complexity index is 2220. The van der Waals surface area contributed by atoms with Crippen molar-refractivity contribution in [2.45, 2.75) is 107 Å². The first-order chi connectivity index (χ1) is 30.3. The number of unbranched alkanes of at least 4 members (excludes halogenated alkanes) is 1. The number of para-hydroxylation sites is 1. The number of benzene rings is 3. The molecular formula is C46H59ClN10O6. The molecule has 1 saturated carbocycles. The second kappa shape index (κ2) is 23.1. The smallest absolute Gasteiger partial charge is 0.246 e. The summed E-state index contributed by atoms with van der Waals surface area (Å²) in [6.07, 6.45) is 5.70. The zero-order valence-corrected chi connectivity index (χ0v) is 36.3. The van der Waals surface area contributed by atoms with E-state index in [-0.39, 0.29) is 56.4 Å². The summed E-state index contributed by atoms with van der Waals surface area (Å²) in [5.41, 5.74) is 18.5. The number of aliphatic imine (C=N–C) groups is 1. The van der Waals surface area contributed by atoms with Crippen LogP contribution in [0.5, 0.6) is 0 Å². The topological polar surface area (TPSA) is 269 Å². The van der Waals surface area contributed by atoms with Gasteiger partial charge in [-0.3, -0.25) is 33.8 Å². The van der Waals surface area contributed by atoms with Crippen molar-refractivity contribution in [3.05, 3.63) is 107 Å². The van der Waals surface area contributed by atoms with Crippen LogP contribution in [-0.4, -0.2) is 83.1 Å². The van der Waals surface area contributed by atoms with Gasteiger partial charge in [0.05, 0.1) is 6.54 Å². The minimum Gasteiger partial charge on any atom is -0.370 e. The largest absolute Gasteiger partial charge is 0.370 e. The lowest BCUT2D eigenvalue weighted by molar-refractivity contribution is -0.138. The molecular weight excluding hydrogens is 824 g/mol. The van der Waals surface area contributed by atoms with Crippen LogP contribution in [0.2, 0.25) is 5.02 Å². The number of H-pyrrole nitrogens is 1. The highest BCUT2D eigenvalue weighted by Crippen LogP contribution is 2.39. The van der Waals surface area contributed by atoms with Crippen molar-refractivity contribution < 1.29 is 28.8 Å². The van der Waals surface area contributed by atoms with E-state index in [4.69, 9.17) is 28.8 Å². The molecule has 1 heterocycles. The number of guanidine groups is 1. The van der Waals surface area contributed by atoms with Crippen LogP contribution >= 0.6 is 11.6 Å². The van der Waals surface area contributed by atoms with Crippen LogP contribution in [0.3, 0.4) is 0 Å². The SMILES string of the molecule is CCCCC(=O)NC1(C(=O)N[C@H](Cc2ccccc2)C(=O)N[C@@H](CCCN=C(N)N)C(=O)N[C@@H](Cc2c[nH]c3ccccc23)C(=O)NCC(N)=O)CCC(c2ccc(Cl)cc2)CC1. The summed E-state index contributed by atoms with van der Waals surface area (Å²) >= 11 is 6.16. The third-order valence-electron chi connectivity index (χ3n) is 11.4. The number of carbonyl (C=O) groups is 6. The van der Waals surface area contributed by atoms with Crippen LogP contribution in [0.15, 0.2) is 90.1 Å². The van der Waals surface area contributed by atoms with Crippen molar-refractivity contribution in [3.8, 4) is 0 Å². The molecule has 0 bridgehead atoms. The fourth-order valence-corrected chi connectivity index (χ4v) is 8.08. The monoisotopic (exact) mass is 882 g/mol. The van der Waals surface area contributed by atoms with Gasteiger partial charge in [-0.2, -0.15) is 0 Å². The summed E-state index contributed by atoms with van der Waals surface area (Å²) in [7, 11) is 0. The van der Waals surface area contributed by atoms with Crippen LogP contribution in [-0.2, 0) is 41.6 Å². The van der Waals surface area contributed by atoms with Gasteiger partial charge in [-0.25, -0.2) is 0 Å². The fraction of sp³-hybridized carbons (Fsp3) is 0.413. The molecule has 1 aliphatic rings. The molecule has 6 amide bonds. The maximum Gasteiger partial charge on any atom is 0.246 e. The summed E-state index contributed by atoms with van der Waals surface area (Å²) in [5, 5.41) is 15.6. The first-order valence-electron chi connectivity index (χ1n) is 21.5. The number of aromatic nitrogens is 1. The van der Waals surface area contributed by atoms with Gasteiger partial charge in [0.25, 0.3) is 0 Å². The molecule has 1 aliphatic carbocycles. The summed E-state index contributed by atoms with van der Waals surface area (Å²) < 4.78 is 0. The van der Waals surface area contributed by atoms with E-state index in [1.54, 1.807) is 6.20 Å². The lowest BCUT2D eigenvalue weighted by Gasteiger charge is -2.40. The number of fused-ring (bicyclic) bond motifs is 1. The quantitative estimate of drug-likeness (QED) is 0.0321. The van der Waals surface area contributed by atoms with Gasteiger partial charge in [-0.05, 0) is 85.8 Å². The highest BCUT2D eigenvalue weighted by molar-refractivity contribution is 6.30. The molecule has 0 aliphatic heterocycles. The Balaban J connectivity index is 1.41. The number of rotatable bonds is 22. The van der Waals surface area contributed by atoms with E-state index >= 15 is 0 Å². The Morgan fingerprint density at radius 2 is 1.44 bits per heavy atom. The summed E-state index contributed by atoms with van der Waals surface area (Å²) in [4.78, 5) is 89.2. The number of hydrogen-bond donors (Lipinski definition) is 9. The highest BCUT2D eigenvalue weighted by Gasteiger charge is 2.44. The lowest BCUT2D eigenvalue weighted by atomic mass is 9.73. The average Bonchev–Trinajstić information content (AvgIpc) is 3.68. The molecule has 0 radical (unpaired) electrons. The Morgan fingerprint density at radius 1 is 0.794 bits per heavy atom. The number of nitrogens with one attached hydrogen (secondary N) is 6. The maximum atomic E-state index is 14.7. The van der Waals surface area contributed by atoms with Crippen LogP contribution in [0, 0.1) is 0 Å². The number of nitrogens with zero attached hydrogens (tertiary/aromatic N) is 1. The van der Waals surface area contributed by atoms with Crippen LogP contribution < -0.4 is 43.8 Å². The van der Waals surface area contributed by atoms with E-state index in [0.29, 0.717) is 37.1 Å². The Hall–Kier alpha value is -6.42.